The third-order valence-corrected chi connectivity index (χ3v) is 18.2. The van der Waals surface area contributed by atoms with Gasteiger partial charge in [0, 0.05) is 25.7 Å². The highest BCUT2D eigenvalue weighted by molar-refractivity contribution is 5.66. The fourth-order valence-electron chi connectivity index (χ4n) is 14.7. The molecule has 9 fully saturated rings. The molecule has 0 aromatic heterocycles. The zero-order valence-corrected chi connectivity index (χ0v) is 37.8. The van der Waals surface area contributed by atoms with Crippen molar-refractivity contribution in [3.63, 3.8) is 0 Å². The van der Waals surface area contributed by atoms with Gasteiger partial charge < -0.3 is 78.4 Å². The number of carbonyl (C=O) groups is 1. The van der Waals surface area contributed by atoms with Crippen molar-refractivity contribution in [1.82, 2.24) is 0 Å². The fraction of sp³-hybridized carbons (Fsp3) is 0.978. The Hall–Kier alpha value is -1.13. The van der Waals surface area contributed by atoms with Crippen molar-refractivity contribution in [3.05, 3.63) is 0 Å². The van der Waals surface area contributed by atoms with Crippen LogP contribution in [0.2, 0.25) is 0 Å². The molecule has 0 radical (unpaired) electrons. The normalized spacial score (nSPS) is 58.1. The van der Waals surface area contributed by atoms with E-state index < -0.39 is 115 Å². The van der Waals surface area contributed by atoms with Crippen LogP contribution in [-0.2, 0) is 47.4 Å². The number of aliphatic hydroxyl groups is 7. The molecule has 63 heavy (non-hydrogen) atoms. The van der Waals surface area contributed by atoms with Crippen molar-refractivity contribution in [2.45, 2.75) is 216 Å². The number of rotatable bonds is 7. The number of fused-ring (bicyclic) bond motifs is 7. The summed E-state index contributed by atoms with van der Waals surface area (Å²) in [6.07, 6.45) is -13.0. The molecular formula is C46H74O17. The van der Waals surface area contributed by atoms with Gasteiger partial charge in [-0.2, -0.15) is 0 Å². The van der Waals surface area contributed by atoms with E-state index in [-0.39, 0.29) is 35.9 Å². The lowest BCUT2D eigenvalue weighted by atomic mass is 9.43. The quantitative estimate of drug-likeness (QED) is 0.179. The Balaban J connectivity index is 1.02. The summed E-state index contributed by atoms with van der Waals surface area (Å²) in [6, 6.07) is 0. The first-order valence-electron chi connectivity index (χ1n) is 23.9. The molecule has 9 aliphatic rings. The average molecular weight is 899 g/mol. The Bertz CT molecular complexity index is 1630. The number of ether oxygens (including phenoxy) is 9. The molecule has 27 atom stereocenters. The number of esters is 1. The van der Waals surface area contributed by atoms with Crippen molar-refractivity contribution in [3.8, 4) is 0 Å². The molecular weight excluding hydrogens is 824 g/mol. The second-order valence-electron chi connectivity index (χ2n) is 21.7. The summed E-state index contributed by atoms with van der Waals surface area (Å²) < 4.78 is 57.5. The summed E-state index contributed by atoms with van der Waals surface area (Å²) in [4.78, 5) is 12.5. The Morgan fingerprint density at radius 2 is 1.32 bits per heavy atom. The molecule has 0 aromatic rings. The van der Waals surface area contributed by atoms with Gasteiger partial charge in [-0.15, -0.1) is 0 Å². The third-order valence-electron chi connectivity index (χ3n) is 18.2. The third kappa shape index (κ3) is 7.86. The first kappa shape index (κ1) is 47.0. The molecule has 1 spiro atoms. The number of aliphatic hydroxyl groups excluding tert-OH is 7. The van der Waals surface area contributed by atoms with E-state index in [4.69, 9.17) is 42.6 Å². The van der Waals surface area contributed by atoms with Crippen molar-refractivity contribution in [2.24, 2.45) is 52.3 Å². The molecule has 9 rings (SSSR count). The van der Waals surface area contributed by atoms with Gasteiger partial charge in [-0.25, -0.2) is 0 Å². The first-order valence-corrected chi connectivity index (χ1v) is 23.9. The van der Waals surface area contributed by atoms with Gasteiger partial charge >= 0.3 is 5.97 Å². The number of carbonyl (C=O) groups excluding carboxylic acids is 1. The zero-order valence-electron chi connectivity index (χ0n) is 37.8. The van der Waals surface area contributed by atoms with E-state index in [1.54, 1.807) is 0 Å². The molecule has 17 heteroatoms. The van der Waals surface area contributed by atoms with Gasteiger partial charge in [0.1, 0.15) is 48.8 Å². The predicted molar refractivity (Wildman–Crippen MR) is 218 cm³/mol. The van der Waals surface area contributed by atoms with Crippen LogP contribution < -0.4 is 0 Å². The molecule has 0 bridgehead atoms. The van der Waals surface area contributed by atoms with Gasteiger partial charge in [-0.1, -0.05) is 27.7 Å². The molecule has 17 nitrogen and oxygen atoms in total. The first-order chi connectivity index (χ1) is 29.8. The van der Waals surface area contributed by atoms with Crippen LogP contribution in [0, 0.1) is 52.3 Å². The van der Waals surface area contributed by atoms with Crippen molar-refractivity contribution >= 4 is 5.97 Å². The lowest BCUT2D eigenvalue weighted by Gasteiger charge is -2.63. The molecule has 0 aromatic carbocycles. The molecule has 0 amide bonds. The fourth-order valence-corrected chi connectivity index (χ4v) is 14.7. The Morgan fingerprint density at radius 3 is 1.94 bits per heavy atom. The maximum Gasteiger partial charge on any atom is 0.303 e. The van der Waals surface area contributed by atoms with Crippen LogP contribution in [0.4, 0.5) is 0 Å². The Labute approximate surface area is 370 Å². The van der Waals surface area contributed by atoms with E-state index in [1.807, 2.05) is 0 Å². The Morgan fingerprint density at radius 1 is 0.667 bits per heavy atom. The van der Waals surface area contributed by atoms with E-state index in [9.17, 15) is 40.5 Å². The minimum Gasteiger partial charge on any atom is -0.457 e. The summed E-state index contributed by atoms with van der Waals surface area (Å²) in [5, 5.41) is 76.3. The number of hydrogen-bond donors (Lipinski definition) is 7. The topological polar surface area (TPSA) is 242 Å². The minimum atomic E-state index is -1.74. The maximum absolute atomic E-state index is 12.5. The smallest absolute Gasteiger partial charge is 0.303 e. The maximum atomic E-state index is 12.5. The molecule has 360 valence electrons. The van der Waals surface area contributed by atoms with E-state index >= 15 is 0 Å². The summed E-state index contributed by atoms with van der Waals surface area (Å²) in [7, 11) is 0. The second-order valence-corrected chi connectivity index (χ2v) is 21.7. The zero-order chi connectivity index (χ0) is 45.1. The summed E-state index contributed by atoms with van der Waals surface area (Å²) >= 11 is 0. The van der Waals surface area contributed by atoms with Gasteiger partial charge in [0.25, 0.3) is 0 Å². The molecule has 0 unspecified atom stereocenters. The molecule has 5 heterocycles. The van der Waals surface area contributed by atoms with Gasteiger partial charge in [-0.05, 0) is 105 Å². The van der Waals surface area contributed by atoms with E-state index in [0.29, 0.717) is 36.5 Å². The van der Waals surface area contributed by atoms with Crippen molar-refractivity contribution in [2.75, 3.05) is 13.2 Å². The lowest BCUT2D eigenvalue weighted by Crippen LogP contribution is -2.66. The van der Waals surface area contributed by atoms with Crippen LogP contribution >= 0.6 is 0 Å². The van der Waals surface area contributed by atoms with E-state index in [2.05, 4.69) is 27.7 Å². The highest BCUT2D eigenvalue weighted by atomic mass is 16.8. The lowest BCUT2D eigenvalue weighted by molar-refractivity contribution is -0.388. The van der Waals surface area contributed by atoms with E-state index in [0.717, 1.165) is 51.6 Å². The predicted octanol–water partition coefficient (Wildman–Crippen LogP) is 1.50. The van der Waals surface area contributed by atoms with Gasteiger partial charge in [-0.3, -0.25) is 4.79 Å². The summed E-state index contributed by atoms with van der Waals surface area (Å²) in [5.41, 5.74) is -0.331. The molecule has 5 saturated heterocycles. The van der Waals surface area contributed by atoms with Crippen molar-refractivity contribution < 1.29 is 83.2 Å². The standard InChI is InChI=1S/C46H74O17/c1-19-10-13-46(56-17-19)20(2)32-29(63-46)16-28-26-9-8-24-14-25(48)15-31(45(24,7)27(26)11-12-44(28,32)6)60-43-40(62-42-38(54)36(52)34(50)22(4)58-42)39(30(18-55-43)59-23(5)47)61-41-37(53)35(51)33(49)21(3)57-41/h19-22,24-43,48-54H,8-18H2,1-7H3/t19-,20+,21+,22+,24+,25-,26-,27+,28+,29+,30+,31-,32+,33+,34+,35-,36-,37-,38-,39+,40-,41+,42+,43+,44+,45+,46-/m1/s1. The summed E-state index contributed by atoms with van der Waals surface area (Å²) in [5.74, 6) is 1.27. The largest absolute Gasteiger partial charge is 0.457 e. The van der Waals surface area contributed by atoms with Crippen LogP contribution in [0.25, 0.3) is 0 Å². The molecule has 4 saturated carbocycles. The van der Waals surface area contributed by atoms with Crippen molar-refractivity contribution in [1.29, 1.82) is 0 Å². The highest BCUT2D eigenvalue weighted by Crippen LogP contribution is 2.71. The second kappa shape index (κ2) is 17.4. The average Bonchev–Trinajstić information content (AvgIpc) is 3.69. The Kier molecular flexibility index (Phi) is 13.0. The van der Waals surface area contributed by atoms with Crippen LogP contribution in [-0.4, -0.2) is 165 Å². The van der Waals surface area contributed by atoms with Gasteiger partial charge in [0.15, 0.2) is 30.8 Å². The molecule has 5 aliphatic heterocycles. The van der Waals surface area contributed by atoms with Crippen LogP contribution in [0.15, 0.2) is 0 Å². The summed E-state index contributed by atoms with van der Waals surface area (Å²) in [6.45, 7) is 14.1. The highest BCUT2D eigenvalue weighted by Gasteiger charge is 2.70. The number of hydrogen-bond acceptors (Lipinski definition) is 17. The SMILES string of the molecule is CC(=O)O[C@H]1CO[C@@H](O[C@@H]2C[C@H](O)C[C@@H]3CC[C@H]4[C@@H]5C[C@@H]6O[C@]7(CC[C@@H](C)CO7)[C@@H](C)[C@@H]6[C@@]5(C)CC[C@@H]4[C@]32C)[C@H](O[C@@H]2O[C@@H](C)[C@H](O)[C@@H](O)[C@H]2O)[C@H]1O[C@@H]1O[C@@H](C)[C@H](O)[C@@H](O)[C@H]1O. The monoisotopic (exact) mass is 898 g/mol. The minimum absolute atomic E-state index is 0.0829. The molecule has 4 aliphatic carbocycles. The molecule has 7 N–H and O–H groups in total. The van der Waals surface area contributed by atoms with E-state index in [1.165, 1.54) is 20.8 Å². The van der Waals surface area contributed by atoms with Crippen LogP contribution in [0.5, 0.6) is 0 Å². The van der Waals surface area contributed by atoms with Gasteiger partial charge in [0.05, 0.1) is 43.7 Å². The van der Waals surface area contributed by atoms with Crippen LogP contribution in [0.3, 0.4) is 0 Å². The van der Waals surface area contributed by atoms with Gasteiger partial charge in [0.2, 0.25) is 0 Å². The van der Waals surface area contributed by atoms with Crippen LogP contribution in [0.1, 0.15) is 106 Å².